The van der Waals surface area contributed by atoms with Crippen LogP contribution in [-0.4, -0.2) is 24.2 Å². The van der Waals surface area contributed by atoms with E-state index in [1.54, 1.807) is 11.3 Å². The van der Waals surface area contributed by atoms with E-state index in [2.05, 4.69) is 15.6 Å². The van der Waals surface area contributed by atoms with Crippen molar-refractivity contribution in [2.24, 2.45) is 0 Å². The highest BCUT2D eigenvalue weighted by Gasteiger charge is 2.10. The number of aromatic nitrogens is 1. The van der Waals surface area contributed by atoms with Gasteiger partial charge in [0, 0.05) is 10.9 Å². The largest absolute Gasteiger partial charge is 0.492 e. The number of thiazole rings is 1. The first-order valence-electron chi connectivity index (χ1n) is 7.96. The second-order valence-corrected chi connectivity index (χ2v) is 6.40. The van der Waals surface area contributed by atoms with Gasteiger partial charge in [-0.05, 0) is 25.1 Å². The first kappa shape index (κ1) is 17.0. The molecule has 0 bridgehead atoms. The van der Waals surface area contributed by atoms with E-state index >= 15 is 0 Å². The van der Waals surface area contributed by atoms with Crippen LogP contribution in [0.15, 0.2) is 60.0 Å². The minimum absolute atomic E-state index is 0.268. The molecule has 0 unspecified atom stereocenters. The quantitative estimate of drug-likeness (QED) is 0.649. The van der Waals surface area contributed by atoms with E-state index in [9.17, 15) is 4.79 Å². The maximum Gasteiger partial charge on any atom is 0.319 e. The van der Waals surface area contributed by atoms with Gasteiger partial charge in [-0.25, -0.2) is 9.78 Å². The maximum absolute atomic E-state index is 12.1. The molecular weight excluding hydrogens is 334 g/mol. The first-order chi connectivity index (χ1) is 12.2. The molecule has 5 nitrogen and oxygen atoms in total. The Hall–Kier alpha value is -2.86. The zero-order valence-corrected chi connectivity index (χ0v) is 14.7. The Balaban J connectivity index is 1.53. The molecule has 0 aliphatic carbocycles. The molecule has 2 amide bonds. The summed E-state index contributed by atoms with van der Waals surface area (Å²) in [5, 5.41) is 8.65. The Morgan fingerprint density at radius 3 is 2.64 bits per heavy atom. The van der Waals surface area contributed by atoms with E-state index in [0.717, 1.165) is 27.7 Å². The van der Waals surface area contributed by atoms with Crippen LogP contribution in [0.5, 0.6) is 5.75 Å². The highest BCUT2D eigenvalue weighted by Crippen LogP contribution is 2.28. The predicted octanol–water partition coefficient (Wildman–Crippen LogP) is 4.32. The number of rotatable bonds is 6. The molecule has 128 valence electrons. The Bertz CT molecular complexity index is 833. The summed E-state index contributed by atoms with van der Waals surface area (Å²) >= 11 is 1.59. The molecular formula is C19H19N3O2S. The number of benzene rings is 2. The number of carbonyl (C=O) groups excluding carboxylic acids is 1. The normalized spacial score (nSPS) is 10.3. The topological polar surface area (TPSA) is 63.2 Å². The summed E-state index contributed by atoms with van der Waals surface area (Å²) in [6, 6.07) is 16.9. The third-order valence-electron chi connectivity index (χ3n) is 3.47. The van der Waals surface area contributed by atoms with Crippen molar-refractivity contribution in [3.05, 3.63) is 65.0 Å². The summed E-state index contributed by atoms with van der Waals surface area (Å²) < 4.78 is 5.55. The van der Waals surface area contributed by atoms with Crippen LogP contribution in [0.2, 0.25) is 0 Å². The van der Waals surface area contributed by atoms with Crippen molar-refractivity contribution in [3.8, 4) is 17.0 Å². The summed E-state index contributed by atoms with van der Waals surface area (Å²) in [7, 11) is 0. The molecule has 0 spiro atoms. The van der Waals surface area contributed by atoms with Crippen molar-refractivity contribution in [1.82, 2.24) is 10.3 Å². The van der Waals surface area contributed by atoms with Crippen molar-refractivity contribution in [2.45, 2.75) is 6.92 Å². The molecule has 0 saturated heterocycles. The summed E-state index contributed by atoms with van der Waals surface area (Å²) in [5.41, 5.74) is 2.50. The third kappa shape index (κ3) is 4.81. The van der Waals surface area contributed by atoms with Gasteiger partial charge in [-0.2, -0.15) is 0 Å². The van der Waals surface area contributed by atoms with Crippen molar-refractivity contribution < 1.29 is 9.53 Å². The molecule has 0 radical (unpaired) electrons. The van der Waals surface area contributed by atoms with Gasteiger partial charge in [-0.3, -0.25) is 0 Å². The second-order valence-electron chi connectivity index (χ2n) is 5.34. The molecule has 3 aromatic rings. The van der Waals surface area contributed by atoms with Crippen LogP contribution < -0.4 is 15.4 Å². The average molecular weight is 353 g/mol. The average Bonchev–Trinajstić information content (AvgIpc) is 3.06. The molecule has 0 fully saturated rings. The van der Waals surface area contributed by atoms with E-state index in [1.165, 1.54) is 0 Å². The predicted molar refractivity (Wildman–Crippen MR) is 101 cm³/mol. The number of para-hydroxylation sites is 2. The molecule has 1 aromatic heterocycles. The highest BCUT2D eigenvalue weighted by atomic mass is 32.1. The van der Waals surface area contributed by atoms with Crippen LogP contribution in [0.25, 0.3) is 11.3 Å². The van der Waals surface area contributed by atoms with E-state index < -0.39 is 0 Å². The lowest BCUT2D eigenvalue weighted by atomic mass is 10.1. The van der Waals surface area contributed by atoms with Gasteiger partial charge in [0.2, 0.25) is 0 Å². The molecule has 25 heavy (non-hydrogen) atoms. The van der Waals surface area contributed by atoms with Crippen molar-refractivity contribution in [2.75, 3.05) is 18.5 Å². The molecule has 0 aliphatic heterocycles. The van der Waals surface area contributed by atoms with Gasteiger partial charge < -0.3 is 15.4 Å². The number of anilines is 1. The summed E-state index contributed by atoms with van der Waals surface area (Å²) in [6.07, 6.45) is 0. The number of urea groups is 1. The Morgan fingerprint density at radius 1 is 1.12 bits per heavy atom. The van der Waals surface area contributed by atoms with Gasteiger partial charge in [0.05, 0.1) is 22.9 Å². The molecule has 3 rings (SSSR count). The van der Waals surface area contributed by atoms with Gasteiger partial charge in [0.25, 0.3) is 0 Å². The number of amides is 2. The van der Waals surface area contributed by atoms with Crippen LogP contribution in [0.3, 0.4) is 0 Å². The fourth-order valence-electron chi connectivity index (χ4n) is 2.32. The highest BCUT2D eigenvalue weighted by molar-refractivity contribution is 7.09. The Labute approximate surface area is 150 Å². The Morgan fingerprint density at radius 2 is 1.88 bits per heavy atom. The lowest BCUT2D eigenvalue weighted by molar-refractivity contribution is 0.247. The standard InChI is InChI=1S/C19H19N3O2S/c1-14-21-18(13-25-14)16-9-5-6-10-17(16)22-19(23)20-11-12-24-15-7-3-2-4-8-15/h2-10,13H,11-12H2,1H3,(H2,20,22,23). The number of hydrogen-bond acceptors (Lipinski definition) is 4. The Kier molecular flexibility index (Phi) is 5.64. The summed E-state index contributed by atoms with van der Waals surface area (Å²) in [6.45, 7) is 2.78. The minimum Gasteiger partial charge on any atom is -0.492 e. The molecule has 1 heterocycles. The lowest BCUT2D eigenvalue weighted by Crippen LogP contribution is -2.32. The van der Waals surface area contributed by atoms with Gasteiger partial charge in [-0.15, -0.1) is 11.3 Å². The molecule has 6 heteroatoms. The number of carbonyl (C=O) groups is 1. The monoisotopic (exact) mass is 353 g/mol. The molecule has 2 aromatic carbocycles. The zero-order valence-electron chi connectivity index (χ0n) is 13.9. The second kappa shape index (κ2) is 8.30. The van der Waals surface area contributed by atoms with Gasteiger partial charge in [0.15, 0.2) is 0 Å². The van der Waals surface area contributed by atoms with Gasteiger partial charge in [-0.1, -0.05) is 36.4 Å². The fourth-order valence-corrected chi connectivity index (χ4v) is 2.93. The van der Waals surface area contributed by atoms with Gasteiger partial charge in [0.1, 0.15) is 12.4 Å². The number of hydrogen-bond donors (Lipinski definition) is 2. The van der Waals surface area contributed by atoms with E-state index in [-0.39, 0.29) is 6.03 Å². The van der Waals surface area contributed by atoms with Crippen LogP contribution in [0.1, 0.15) is 5.01 Å². The van der Waals surface area contributed by atoms with Gasteiger partial charge >= 0.3 is 6.03 Å². The first-order valence-corrected chi connectivity index (χ1v) is 8.84. The molecule has 0 saturated carbocycles. The minimum atomic E-state index is -0.268. The van der Waals surface area contributed by atoms with Crippen LogP contribution in [0.4, 0.5) is 10.5 Å². The van der Waals surface area contributed by atoms with Crippen molar-refractivity contribution >= 4 is 23.1 Å². The third-order valence-corrected chi connectivity index (χ3v) is 4.24. The maximum atomic E-state index is 12.1. The lowest BCUT2D eigenvalue weighted by Gasteiger charge is -2.11. The van der Waals surface area contributed by atoms with Crippen molar-refractivity contribution in [3.63, 3.8) is 0 Å². The van der Waals surface area contributed by atoms with E-state index in [1.807, 2.05) is 66.9 Å². The fraction of sp³-hybridized carbons (Fsp3) is 0.158. The number of nitrogens with zero attached hydrogens (tertiary/aromatic N) is 1. The zero-order chi connectivity index (χ0) is 17.5. The molecule has 0 atom stereocenters. The van der Waals surface area contributed by atoms with E-state index in [4.69, 9.17) is 4.74 Å². The summed E-state index contributed by atoms with van der Waals surface area (Å²) in [5.74, 6) is 0.786. The molecule has 0 aliphatic rings. The van der Waals surface area contributed by atoms with Crippen molar-refractivity contribution in [1.29, 1.82) is 0 Å². The summed E-state index contributed by atoms with van der Waals surface area (Å²) in [4.78, 5) is 16.6. The smallest absolute Gasteiger partial charge is 0.319 e. The van der Waals surface area contributed by atoms with Crippen LogP contribution in [-0.2, 0) is 0 Å². The van der Waals surface area contributed by atoms with Crippen LogP contribution >= 0.6 is 11.3 Å². The van der Waals surface area contributed by atoms with Crippen LogP contribution in [0, 0.1) is 6.92 Å². The number of ether oxygens (including phenoxy) is 1. The molecule has 2 N–H and O–H groups in total. The SMILES string of the molecule is Cc1nc(-c2ccccc2NC(=O)NCCOc2ccccc2)cs1. The van der Waals surface area contributed by atoms with E-state index in [0.29, 0.717) is 13.2 Å². The number of aryl methyl sites for hydroxylation is 1. The number of nitrogens with one attached hydrogen (secondary N) is 2.